The summed E-state index contributed by atoms with van der Waals surface area (Å²) in [6.07, 6.45) is -3.56. The second-order valence-electron chi connectivity index (χ2n) is 4.99. The Labute approximate surface area is 103 Å². The summed E-state index contributed by atoms with van der Waals surface area (Å²) in [5, 5.41) is 3.18. The first kappa shape index (κ1) is 11.5. The fourth-order valence-electron chi connectivity index (χ4n) is 1.93. The van der Waals surface area contributed by atoms with Gasteiger partial charge in [0.2, 0.25) is 0 Å². The molecule has 3 rings (SSSR count). The zero-order valence-corrected chi connectivity index (χ0v) is 9.83. The van der Waals surface area contributed by atoms with Crippen molar-refractivity contribution >= 4 is 5.69 Å². The van der Waals surface area contributed by atoms with Gasteiger partial charge in [0.25, 0.3) is 0 Å². The molecule has 1 aromatic carbocycles. The first-order chi connectivity index (χ1) is 8.46. The van der Waals surface area contributed by atoms with Gasteiger partial charge >= 0.3 is 6.29 Å². The Morgan fingerprint density at radius 2 is 1.94 bits per heavy atom. The smallest absolute Gasteiger partial charge is 0.395 e. The van der Waals surface area contributed by atoms with Crippen LogP contribution in [0.1, 0.15) is 6.92 Å². The first-order valence-corrected chi connectivity index (χ1v) is 5.67. The summed E-state index contributed by atoms with van der Waals surface area (Å²) < 4.78 is 39.5. The molecule has 0 saturated carbocycles. The summed E-state index contributed by atoms with van der Waals surface area (Å²) in [5.41, 5.74) is 0.837. The van der Waals surface area contributed by atoms with Crippen molar-refractivity contribution in [2.24, 2.45) is 5.41 Å². The maximum absolute atomic E-state index is 12.8. The van der Waals surface area contributed by atoms with Crippen LogP contribution in [0.2, 0.25) is 0 Å². The van der Waals surface area contributed by atoms with Crippen molar-refractivity contribution < 1.29 is 23.0 Å². The molecule has 18 heavy (non-hydrogen) atoms. The molecule has 2 heterocycles. The standard InChI is InChI=1S/C12H13F2NO3/c1-11(6-16-7-11)5-15-8-2-3-9-10(4-8)18-12(13,14)17-9/h2-4,15H,5-7H2,1H3. The number of anilines is 1. The average molecular weight is 257 g/mol. The number of hydrogen-bond donors (Lipinski definition) is 1. The fourth-order valence-corrected chi connectivity index (χ4v) is 1.93. The summed E-state index contributed by atoms with van der Waals surface area (Å²) in [7, 11) is 0. The molecule has 6 heteroatoms. The Balaban J connectivity index is 1.68. The predicted molar refractivity (Wildman–Crippen MR) is 60.1 cm³/mol. The van der Waals surface area contributed by atoms with Crippen molar-refractivity contribution in [1.82, 2.24) is 0 Å². The summed E-state index contributed by atoms with van der Waals surface area (Å²) in [5.74, 6) is 0.115. The monoisotopic (exact) mass is 257 g/mol. The number of nitrogens with one attached hydrogen (secondary N) is 1. The molecule has 98 valence electrons. The lowest BCUT2D eigenvalue weighted by molar-refractivity contribution is -0.286. The third-order valence-electron chi connectivity index (χ3n) is 3.02. The number of rotatable bonds is 3. The number of fused-ring (bicyclic) bond motifs is 1. The van der Waals surface area contributed by atoms with Crippen LogP contribution in [0.25, 0.3) is 0 Å². The van der Waals surface area contributed by atoms with E-state index in [2.05, 4.69) is 21.7 Å². The van der Waals surface area contributed by atoms with Crippen LogP contribution in [-0.4, -0.2) is 26.1 Å². The van der Waals surface area contributed by atoms with Crippen LogP contribution in [0.15, 0.2) is 18.2 Å². The molecule has 0 aliphatic carbocycles. The highest BCUT2D eigenvalue weighted by atomic mass is 19.3. The van der Waals surface area contributed by atoms with Crippen LogP contribution in [0, 0.1) is 5.41 Å². The molecule has 0 radical (unpaired) electrons. The number of halogens is 2. The van der Waals surface area contributed by atoms with Crippen molar-refractivity contribution in [3.05, 3.63) is 18.2 Å². The Morgan fingerprint density at radius 3 is 2.61 bits per heavy atom. The van der Waals surface area contributed by atoms with Gasteiger partial charge in [-0.25, -0.2) is 0 Å². The van der Waals surface area contributed by atoms with Crippen LogP contribution < -0.4 is 14.8 Å². The van der Waals surface area contributed by atoms with Gasteiger partial charge in [0.05, 0.1) is 13.2 Å². The third-order valence-corrected chi connectivity index (χ3v) is 3.02. The molecule has 0 atom stereocenters. The van der Waals surface area contributed by atoms with E-state index in [0.29, 0.717) is 13.2 Å². The molecule has 1 N–H and O–H groups in total. The SMILES string of the molecule is CC1(CNc2ccc3c(c2)OC(F)(F)O3)COC1. The molecular weight excluding hydrogens is 244 g/mol. The molecule has 0 amide bonds. The van der Waals surface area contributed by atoms with E-state index in [1.54, 1.807) is 6.07 Å². The van der Waals surface area contributed by atoms with Crippen molar-refractivity contribution in [1.29, 1.82) is 0 Å². The van der Waals surface area contributed by atoms with Crippen molar-refractivity contribution in [2.75, 3.05) is 25.1 Å². The fraction of sp³-hybridized carbons (Fsp3) is 0.500. The van der Waals surface area contributed by atoms with E-state index in [1.165, 1.54) is 12.1 Å². The maximum atomic E-state index is 12.8. The minimum Gasteiger partial charge on any atom is -0.395 e. The normalized spacial score (nSPS) is 22.4. The van der Waals surface area contributed by atoms with Crippen LogP contribution in [0.3, 0.4) is 0 Å². The molecule has 2 aliphatic rings. The Hall–Kier alpha value is -1.56. The summed E-state index contributed by atoms with van der Waals surface area (Å²) in [4.78, 5) is 0. The van der Waals surface area contributed by atoms with Gasteiger partial charge in [-0.2, -0.15) is 0 Å². The quantitative estimate of drug-likeness (QED) is 0.902. The number of ether oxygens (including phenoxy) is 3. The second-order valence-corrected chi connectivity index (χ2v) is 4.99. The van der Waals surface area contributed by atoms with Gasteiger partial charge in [-0.3, -0.25) is 0 Å². The van der Waals surface area contributed by atoms with E-state index < -0.39 is 6.29 Å². The molecule has 2 aliphatic heterocycles. The molecule has 0 spiro atoms. The Kier molecular flexibility index (Phi) is 2.38. The molecule has 0 unspecified atom stereocenters. The maximum Gasteiger partial charge on any atom is 0.586 e. The van der Waals surface area contributed by atoms with Gasteiger partial charge in [0, 0.05) is 23.7 Å². The lowest BCUT2D eigenvalue weighted by atomic mass is 9.89. The van der Waals surface area contributed by atoms with Gasteiger partial charge in [0.1, 0.15) is 0 Å². The van der Waals surface area contributed by atoms with Gasteiger partial charge in [-0.05, 0) is 12.1 Å². The van der Waals surface area contributed by atoms with Crippen molar-refractivity contribution in [3.63, 3.8) is 0 Å². The summed E-state index contributed by atoms with van der Waals surface area (Å²) >= 11 is 0. The van der Waals surface area contributed by atoms with Crippen molar-refractivity contribution in [2.45, 2.75) is 13.2 Å². The highest BCUT2D eigenvalue weighted by Gasteiger charge is 2.43. The summed E-state index contributed by atoms with van der Waals surface area (Å²) in [6, 6.07) is 4.67. The van der Waals surface area contributed by atoms with E-state index in [1.807, 2.05) is 0 Å². The zero-order valence-electron chi connectivity index (χ0n) is 9.83. The molecule has 1 fully saturated rings. The zero-order chi connectivity index (χ0) is 12.8. The van der Waals surface area contributed by atoms with Gasteiger partial charge in [0.15, 0.2) is 11.5 Å². The van der Waals surface area contributed by atoms with Crippen LogP contribution in [-0.2, 0) is 4.74 Å². The highest BCUT2D eigenvalue weighted by Crippen LogP contribution is 2.42. The lowest BCUT2D eigenvalue weighted by Gasteiger charge is -2.38. The number of benzene rings is 1. The Bertz CT molecular complexity index is 474. The topological polar surface area (TPSA) is 39.7 Å². The van der Waals surface area contributed by atoms with Crippen LogP contribution >= 0.6 is 0 Å². The minimum atomic E-state index is -3.56. The largest absolute Gasteiger partial charge is 0.586 e. The van der Waals surface area contributed by atoms with Gasteiger partial charge in [-0.15, -0.1) is 8.78 Å². The summed E-state index contributed by atoms with van der Waals surface area (Å²) in [6.45, 7) is 4.25. The molecule has 1 aromatic rings. The lowest BCUT2D eigenvalue weighted by Crippen LogP contribution is -2.45. The first-order valence-electron chi connectivity index (χ1n) is 5.67. The van der Waals surface area contributed by atoms with Gasteiger partial charge < -0.3 is 19.5 Å². The predicted octanol–water partition coefficient (Wildman–Crippen LogP) is 2.46. The van der Waals surface area contributed by atoms with E-state index in [4.69, 9.17) is 4.74 Å². The Morgan fingerprint density at radius 1 is 1.22 bits per heavy atom. The van der Waals surface area contributed by atoms with Crippen LogP contribution in [0.4, 0.5) is 14.5 Å². The van der Waals surface area contributed by atoms with E-state index in [-0.39, 0.29) is 16.9 Å². The van der Waals surface area contributed by atoms with Gasteiger partial charge in [-0.1, -0.05) is 6.92 Å². The molecule has 4 nitrogen and oxygen atoms in total. The molecular formula is C12H13F2NO3. The molecule has 0 bridgehead atoms. The number of alkyl halides is 2. The van der Waals surface area contributed by atoms with Crippen molar-refractivity contribution in [3.8, 4) is 11.5 Å². The number of hydrogen-bond acceptors (Lipinski definition) is 4. The van der Waals surface area contributed by atoms with E-state index >= 15 is 0 Å². The average Bonchev–Trinajstić information content (AvgIpc) is 2.56. The third kappa shape index (κ3) is 2.08. The van der Waals surface area contributed by atoms with E-state index in [9.17, 15) is 8.78 Å². The van der Waals surface area contributed by atoms with Crippen LogP contribution in [0.5, 0.6) is 11.5 Å². The minimum absolute atomic E-state index is 0.0556. The molecule has 1 saturated heterocycles. The molecule has 0 aromatic heterocycles. The second kappa shape index (κ2) is 3.71. The van der Waals surface area contributed by atoms with E-state index in [0.717, 1.165) is 12.2 Å². The highest BCUT2D eigenvalue weighted by molar-refractivity contribution is 5.56.